The number of nitrogens with two attached hydrogens (primary N) is 1. The molecule has 0 aromatic carbocycles. The number of hydrogen-bond donors (Lipinski definition) is 1. The number of rotatable bonds is 7. The van der Waals surface area contributed by atoms with Crippen molar-refractivity contribution in [3.05, 3.63) is 0 Å². The van der Waals surface area contributed by atoms with Crippen molar-refractivity contribution in [3.8, 4) is 0 Å². The average molecular weight is 275 g/mol. The summed E-state index contributed by atoms with van der Waals surface area (Å²) >= 11 is 0. The first-order chi connectivity index (χ1) is 8.64. The molecule has 1 heterocycles. The monoisotopic (exact) mass is 275 g/mol. The zero-order valence-corrected chi connectivity index (χ0v) is 11.9. The molecule has 2 rings (SSSR count). The van der Waals surface area contributed by atoms with E-state index in [1.54, 1.807) is 4.31 Å². The highest BCUT2D eigenvalue weighted by atomic mass is 32.2. The molecule has 18 heavy (non-hydrogen) atoms. The molecular formula is C12H25N3O2S. The van der Waals surface area contributed by atoms with Crippen LogP contribution in [0.25, 0.3) is 0 Å². The molecule has 2 fully saturated rings. The van der Waals surface area contributed by atoms with Crippen molar-refractivity contribution in [1.29, 1.82) is 0 Å². The molecule has 1 aliphatic carbocycles. The molecule has 0 radical (unpaired) electrons. The molecule has 0 spiro atoms. The molecule has 0 aromatic rings. The normalized spacial score (nSPS) is 23.4. The van der Waals surface area contributed by atoms with Gasteiger partial charge in [0.2, 0.25) is 10.0 Å². The lowest BCUT2D eigenvalue weighted by Gasteiger charge is -2.34. The molecule has 1 saturated carbocycles. The fraction of sp³-hybridized carbons (Fsp3) is 1.00. The van der Waals surface area contributed by atoms with Crippen LogP contribution >= 0.6 is 0 Å². The van der Waals surface area contributed by atoms with Gasteiger partial charge in [0, 0.05) is 26.2 Å². The Morgan fingerprint density at radius 3 is 2.22 bits per heavy atom. The number of sulfonamides is 1. The largest absolute Gasteiger partial charge is 0.330 e. The van der Waals surface area contributed by atoms with Crippen LogP contribution < -0.4 is 5.73 Å². The predicted octanol–water partition coefficient (Wildman–Crippen LogP) is 0.225. The van der Waals surface area contributed by atoms with Crippen LogP contribution in [0.4, 0.5) is 0 Å². The molecule has 0 unspecified atom stereocenters. The van der Waals surface area contributed by atoms with Gasteiger partial charge in [-0.15, -0.1) is 0 Å². The van der Waals surface area contributed by atoms with Gasteiger partial charge in [0.25, 0.3) is 0 Å². The summed E-state index contributed by atoms with van der Waals surface area (Å²) in [6.45, 7) is 4.97. The van der Waals surface area contributed by atoms with E-state index in [-0.39, 0.29) is 5.25 Å². The average Bonchev–Trinajstić information content (AvgIpc) is 3.20. The Morgan fingerprint density at radius 2 is 1.67 bits per heavy atom. The van der Waals surface area contributed by atoms with Crippen LogP contribution in [0.15, 0.2) is 0 Å². The number of unbranched alkanes of at least 4 members (excludes halogenated alkanes) is 2. The van der Waals surface area contributed by atoms with Gasteiger partial charge < -0.3 is 10.6 Å². The quantitative estimate of drug-likeness (QED) is 0.675. The zero-order chi connectivity index (χ0) is 13.0. The third kappa shape index (κ3) is 3.66. The molecule has 0 bridgehead atoms. The van der Waals surface area contributed by atoms with Crippen LogP contribution in [-0.2, 0) is 10.0 Å². The highest BCUT2D eigenvalue weighted by Crippen LogP contribution is 2.31. The van der Waals surface area contributed by atoms with Crippen LogP contribution in [0, 0.1) is 0 Å². The van der Waals surface area contributed by atoms with Gasteiger partial charge in [-0.25, -0.2) is 8.42 Å². The fourth-order valence-electron chi connectivity index (χ4n) is 2.44. The molecule has 0 atom stereocenters. The number of hydrogen-bond acceptors (Lipinski definition) is 4. The molecule has 106 valence electrons. The summed E-state index contributed by atoms with van der Waals surface area (Å²) in [5.74, 6) is 0. The lowest BCUT2D eigenvalue weighted by Crippen LogP contribution is -2.49. The van der Waals surface area contributed by atoms with Gasteiger partial charge in [0.1, 0.15) is 0 Å². The van der Waals surface area contributed by atoms with E-state index < -0.39 is 10.0 Å². The van der Waals surface area contributed by atoms with Crippen molar-refractivity contribution in [3.63, 3.8) is 0 Å². The van der Waals surface area contributed by atoms with Crippen LogP contribution in [0.1, 0.15) is 32.1 Å². The summed E-state index contributed by atoms with van der Waals surface area (Å²) in [4.78, 5) is 2.37. The second-order valence-corrected chi connectivity index (χ2v) is 7.55. The van der Waals surface area contributed by atoms with Gasteiger partial charge in [-0.2, -0.15) is 4.31 Å². The van der Waals surface area contributed by atoms with Crippen LogP contribution in [-0.4, -0.2) is 62.1 Å². The van der Waals surface area contributed by atoms with E-state index in [9.17, 15) is 8.42 Å². The maximum absolute atomic E-state index is 12.0. The Morgan fingerprint density at radius 1 is 1.00 bits per heavy atom. The third-order valence-electron chi connectivity index (χ3n) is 3.82. The summed E-state index contributed by atoms with van der Waals surface area (Å²) in [5.41, 5.74) is 5.46. The molecule has 0 amide bonds. The first kappa shape index (κ1) is 14.2. The summed E-state index contributed by atoms with van der Waals surface area (Å²) in [6, 6.07) is 0. The fourth-order valence-corrected chi connectivity index (χ4v) is 4.27. The van der Waals surface area contributed by atoms with Gasteiger partial charge in [-0.05, 0) is 38.8 Å². The number of piperazine rings is 1. The van der Waals surface area contributed by atoms with E-state index in [0.29, 0.717) is 13.1 Å². The molecule has 6 heteroatoms. The van der Waals surface area contributed by atoms with E-state index in [1.165, 1.54) is 12.8 Å². The summed E-state index contributed by atoms with van der Waals surface area (Å²) in [6.07, 6.45) is 5.17. The van der Waals surface area contributed by atoms with Gasteiger partial charge in [0.05, 0.1) is 5.25 Å². The minimum absolute atomic E-state index is 0.0615. The maximum Gasteiger partial charge on any atom is 0.217 e. The van der Waals surface area contributed by atoms with Gasteiger partial charge in [-0.3, -0.25) is 0 Å². The third-order valence-corrected chi connectivity index (χ3v) is 6.21. The van der Waals surface area contributed by atoms with Crippen molar-refractivity contribution < 1.29 is 8.42 Å². The number of nitrogens with zero attached hydrogens (tertiary/aromatic N) is 2. The molecule has 2 aliphatic rings. The summed E-state index contributed by atoms with van der Waals surface area (Å²) < 4.78 is 25.8. The lowest BCUT2D eigenvalue weighted by atomic mass is 10.2. The Labute approximate surface area is 110 Å². The lowest BCUT2D eigenvalue weighted by molar-refractivity contribution is 0.185. The molecule has 2 N–H and O–H groups in total. The van der Waals surface area contributed by atoms with E-state index in [2.05, 4.69) is 4.90 Å². The van der Waals surface area contributed by atoms with E-state index in [1.807, 2.05) is 0 Å². The second kappa shape index (κ2) is 6.32. The topological polar surface area (TPSA) is 66.6 Å². The summed E-state index contributed by atoms with van der Waals surface area (Å²) in [7, 11) is -2.95. The maximum atomic E-state index is 12.0. The van der Waals surface area contributed by atoms with E-state index in [4.69, 9.17) is 5.73 Å². The Bertz CT molecular complexity index is 346. The molecule has 0 aromatic heterocycles. The Hall–Kier alpha value is -0.170. The highest BCUT2D eigenvalue weighted by molar-refractivity contribution is 7.90. The SMILES string of the molecule is NCCCCCN1CCN(S(=O)(=O)C2CC2)CC1. The van der Waals surface area contributed by atoms with Crippen molar-refractivity contribution >= 4 is 10.0 Å². The van der Waals surface area contributed by atoms with Crippen LogP contribution in [0.5, 0.6) is 0 Å². The Kier molecular flexibility index (Phi) is 5.00. The van der Waals surface area contributed by atoms with E-state index >= 15 is 0 Å². The molecule has 5 nitrogen and oxygen atoms in total. The first-order valence-electron chi connectivity index (χ1n) is 7.06. The smallest absolute Gasteiger partial charge is 0.217 e. The zero-order valence-electron chi connectivity index (χ0n) is 11.1. The standard InChI is InChI=1S/C12H25N3O2S/c13-6-2-1-3-7-14-8-10-15(11-9-14)18(16,17)12-4-5-12/h12H,1-11,13H2. The second-order valence-electron chi connectivity index (χ2n) is 5.33. The minimum Gasteiger partial charge on any atom is -0.330 e. The Balaban J connectivity index is 1.68. The van der Waals surface area contributed by atoms with Gasteiger partial charge in [-0.1, -0.05) is 6.42 Å². The van der Waals surface area contributed by atoms with Crippen molar-refractivity contribution in [2.45, 2.75) is 37.4 Å². The highest BCUT2D eigenvalue weighted by Gasteiger charge is 2.40. The van der Waals surface area contributed by atoms with Gasteiger partial charge in [0.15, 0.2) is 0 Å². The van der Waals surface area contributed by atoms with Crippen molar-refractivity contribution in [2.75, 3.05) is 39.3 Å². The van der Waals surface area contributed by atoms with Crippen molar-refractivity contribution in [2.24, 2.45) is 5.73 Å². The molecule has 1 aliphatic heterocycles. The molecular weight excluding hydrogens is 250 g/mol. The van der Waals surface area contributed by atoms with Crippen molar-refractivity contribution in [1.82, 2.24) is 9.21 Å². The minimum atomic E-state index is -2.95. The predicted molar refractivity (Wildman–Crippen MR) is 72.9 cm³/mol. The summed E-state index contributed by atoms with van der Waals surface area (Å²) in [5, 5.41) is -0.0615. The van der Waals surface area contributed by atoms with Gasteiger partial charge >= 0.3 is 0 Å². The van der Waals surface area contributed by atoms with Crippen LogP contribution in [0.3, 0.4) is 0 Å². The van der Waals surface area contributed by atoms with Crippen LogP contribution in [0.2, 0.25) is 0 Å². The van der Waals surface area contributed by atoms with E-state index in [0.717, 1.165) is 45.4 Å². The molecule has 1 saturated heterocycles. The first-order valence-corrected chi connectivity index (χ1v) is 8.56.